The highest BCUT2D eigenvalue weighted by Gasteiger charge is 2.27. The quantitative estimate of drug-likeness (QED) is 0.279. The molecule has 0 spiro atoms. The number of ether oxygens (including phenoxy) is 2. The van der Waals surface area contributed by atoms with Crippen molar-refractivity contribution in [1.29, 1.82) is 5.41 Å². The second-order valence-corrected chi connectivity index (χ2v) is 7.16. The van der Waals surface area contributed by atoms with Gasteiger partial charge in [0, 0.05) is 6.54 Å². The number of nitrogens with one attached hydrogen (secondary N) is 2. The molecule has 7 nitrogen and oxygen atoms in total. The van der Waals surface area contributed by atoms with E-state index in [0.717, 1.165) is 25.7 Å². The largest absolute Gasteiger partial charge is 0.426 e. The van der Waals surface area contributed by atoms with Crippen LogP contribution in [0.4, 0.5) is 0 Å². The van der Waals surface area contributed by atoms with Crippen molar-refractivity contribution in [2.75, 3.05) is 6.54 Å². The van der Waals surface area contributed by atoms with E-state index in [1.54, 1.807) is 48.5 Å². The maximum Gasteiger partial charge on any atom is 0.343 e. The maximum atomic E-state index is 12.4. The van der Waals surface area contributed by atoms with E-state index in [-0.39, 0.29) is 30.3 Å². The van der Waals surface area contributed by atoms with E-state index in [0.29, 0.717) is 29.5 Å². The molecule has 0 radical (unpaired) electrons. The molecule has 3 rings (SSSR count). The van der Waals surface area contributed by atoms with Gasteiger partial charge in [0.15, 0.2) is 5.96 Å². The Labute approximate surface area is 181 Å². The normalized spacial score (nSPS) is 17.9. The summed E-state index contributed by atoms with van der Waals surface area (Å²) in [5.74, 6) is 0.426. The Kier molecular flexibility index (Phi) is 8.68. The molecule has 8 heteroatoms. The molecule has 30 heavy (non-hydrogen) atoms. The molecular formula is C22H26ClN3O4. The first kappa shape index (κ1) is 23.2. The molecule has 1 fully saturated rings. The second kappa shape index (κ2) is 11.2. The fraction of sp³-hybridized carbons (Fsp3) is 0.318. The molecule has 0 heterocycles. The van der Waals surface area contributed by atoms with Crippen molar-refractivity contribution in [2.24, 2.45) is 17.6 Å². The number of carbonyl (C=O) groups excluding carboxylic acids is 2. The van der Waals surface area contributed by atoms with Crippen LogP contribution in [-0.2, 0) is 4.79 Å². The van der Waals surface area contributed by atoms with Crippen LogP contribution in [-0.4, -0.2) is 24.4 Å². The van der Waals surface area contributed by atoms with Crippen molar-refractivity contribution in [3.63, 3.8) is 0 Å². The summed E-state index contributed by atoms with van der Waals surface area (Å²) in [6.07, 6.45) is 3.30. The molecule has 1 saturated carbocycles. The molecule has 0 aromatic heterocycles. The van der Waals surface area contributed by atoms with E-state index in [1.165, 1.54) is 0 Å². The average Bonchev–Trinajstić information content (AvgIpc) is 2.74. The number of hydrogen-bond acceptors (Lipinski definition) is 5. The summed E-state index contributed by atoms with van der Waals surface area (Å²) in [6.45, 7) is 0.664. The summed E-state index contributed by atoms with van der Waals surface area (Å²) < 4.78 is 10.8. The minimum atomic E-state index is -0.466. The molecule has 4 N–H and O–H groups in total. The highest BCUT2D eigenvalue weighted by atomic mass is 35.5. The second-order valence-electron chi connectivity index (χ2n) is 7.16. The van der Waals surface area contributed by atoms with Crippen LogP contribution in [0.3, 0.4) is 0 Å². The Bertz CT molecular complexity index is 850. The number of nitrogens with two attached hydrogens (primary N) is 1. The SMILES string of the molecule is Cl.N=C(N)NC[C@H]1CC[C@H](C(=O)Oc2ccc(C(=O)Oc3ccccc3)cc2)CC1. The lowest BCUT2D eigenvalue weighted by Crippen LogP contribution is -2.36. The molecule has 0 bridgehead atoms. The first-order chi connectivity index (χ1) is 14.0. The van der Waals surface area contributed by atoms with E-state index in [9.17, 15) is 9.59 Å². The number of esters is 2. The van der Waals surface area contributed by atoms with Crippen LogP contribution in [0.2, 0.25) is 0 Å². The zero-order chi connectivity index (χ0) is 20.6. The van der Waals surface area contributed by atoms with Gasteiger partial charge in [0.25, 0.3) is 0 Å². The van der Waals surface area contributed by atoms with Gasteiger partial charge < -0.3 is 20.5 Å². The van der Waals surface area contributed by atoms with Crippen LogP contribution in [0.15, 0.2) is 54.6 Å². The van der Waals surface area contributed by atoms with E-state index in [2.05, 4.69) is 5.32 Å². The Hall–Kier alpha value is -3.06. The lowest BCUT2D eigenvalue weighted by molar-refractivity contribution is -0.140. The molecule has 0 atom stereocenters. The zero-order valence-electron chi connectivity index (χ0n) is 16.5. The van der Waals surface area contributed by atoms with Gasteiger partial charge in [-0.25, -0.2) is 4.79 Å². The third-order valence-corrected chi connectivity index (χ3v) is 5.02. The van der Waals surface area contributed by atoms with Gasteiger partial charge in [0.2, 0.25) is 0 Å². The van der Waals surface area contributed by atoms with Crippen LogP contribution in [0.1, 0.15) is 36.0 Å². The van der Waals surface area contributed by atoms with Crippen LogP contribution in [0.25, 0.3) is 0 Å². The first-order valence-electron chi connectivity index (χ1n) is 9.68. The molecule has 1 aliphatic carbocycles. The lowest BCUT2D eigenvalue weighted by Gasteiger charge is -2.27. The van der Waals surface area contributed by atoms with E-state index in [4.69, 9.17) is 20.6 Å². The van der Waals surface area contributed by atoms with Gasteiger partial charge in [-0.2, -0.15) is 0 Å². The van der Waals surface area contributed by atoms with E-state index in [1.807, 2.05) is 6.07 Å². The van der Waals surface area contributed by atoms with Crippen molar-refractivity contribution in [3.8, 4) is 11.5 Å². The Balaban J connectivity index is 0.00000320. The molecule has 1 aliphatic rings. The van der Waals surface area contributed by atoms with Crippen LogP contribution >= 0.6 is 12.4 Å². The average molecular weight is 432 g/mol. The number of hydrogen-bond donors (Lipinski definition) is 3. The summed E-state index contributed by atoms with van der Waals surface area (Å²) in [4.78, 5) is 24.6. The van der Waals surface area contributed by atoms with Crippen LogP contribution in [0, 0.1) is 17.2 Å². The molecule has 160 valence electrons. The third kappa shape index (κ3) is 6.77. The zero-order valence-corrected chi connectivity index (χ0v) is 17.3. The summed E-state index contributed by atoms with van der Waals surface area (Å²) in [5.41, 5.74) is 5.69. The summed E-state index contributed by atoms with van der Waals surface area (Å²) in [6, 6.07) is 15.2. The molecule has 0 saturated heterocycles. The molecule has 2 aromatic carbocycles. The molecular weight excluding hydrogens is 406 g/mol. The molecule has 2 aromatic rings. The summed E-state index contributed by atoms with van der Waals surface area (Å²) >= 11 is 0. The van der Waals surface area contributed by atoms with Gasteiger partial charge in [-0.15, -0.1) is 12.4 Å². The summed E-state index contributed by atoms with van der Waals surface area (Å²) in [5, 5.41) is 10.0. The first-order valence-corrected chi connectivity index (χ1v) is 9.68. The maximum absolute atomic E-state index is 12.4. The van der Waals surface area contributed by atoms with Crippen molar-refractivity contribution in [2.45, 2.75) is 25.7 Å². The molecule has 0 amide bonds. The van der Waals surface area contributed by atoms with Crippen molar-refractivity contribution in [3.05, 3.63) is 60.2 Å². The topological polar surface area (TPSA) is 115 Å². The number of benzene rings is 2. The van der Waals surface area contributed by atoms with Crippen LogP contribution < -0.4 is 20.5 Å². The van der Waals surface area contributed by atoms with Gasteiger partial charge >= 0.3 is 11.9 Å². The van der Waals surface area contributed by atoms with E-state index >= 15 is 0 Å². The smallest absolute Gasteiger partial charge is 0.343 e. The Morgan fingerprint density at radius 1 is 0.933 bits per heavy atom. The number of guanidine groups is 1. The van der Waals surface area contributed by atoms with Gasteiger partial charge in [-0.3, -0.25) is 10.2 Å². The minimum Gasteiger partial charge on any atom is -0.426 e. The van der Waals surface area contributed by atoms with Gasteiger partial charge in [0.05, 0.1) is 11.5 Å². The number of para-hydroxylation sites is 1. The number of carbonyl (C=O) groups is 2. The standard InChI is InChI=1S/C22H25N3O4.ClH/c23-22(24)25-14-15-6-8-16(9-7-15)20(26)29-19-12-10-17(11-13-19)21(27)28-18-4-2-1-3-5-18;/h1-5,10-13,15-16H,6-9,14H2,(H4,23,24,25);1H/t15-,16-;. The predicted molar refractivity (Wildman–Crippen MR) is 116 cm³/mol. The van der Waals surface area contributed by atoms with Gasteiger partial charge in [0.1, 0.15) is 11.5 Å². The van der Waals surface area contributed by atoms with Crippen molar-refractivity contribution >= 4 is 30.3 Å². The van der Waals surface area contributed by atoms with Crippen molar-refractivity contribution < 1.29 is 19.1 Å². The molecule has 0 unspecified atom stereocenters. The highest BCUT2D eigenvalue weighted by molar-refractivity contribution is 5.91. The minimum absolute atomic E-state index is 0. The fourth-order valence-electron chi connectivity index (χ4n) is 3.37. The van der Waals surface area contributed by atoms with E-state index < -0.39 is 5.97 Å². The highest BCUT2D eigenvalue weighted by Crippen LogP contribution is 2.29. The van der Waals surface area contributed by atoms with Gasteiger partial charge in [-0.05, 0) is 68.0 Å². The number of halogens is 1. The van der Waals surface area contributed by atoms with Crippen molar-refractivity contribution in [1.82, 2.24) is 5.32 Å². The monoisotopic (exact) mass is 431 g/mol. The fourth-order valence-corrected chi connectivity index (χ4v) is 3.37. The van der Waals surface area contributed by atoms with Crippen LogP contribution in [0.5, 0.6) is 11.5 Å². The Morgan fingerprint density at radius 2 is 1.53 bits per heavy atom. The molecule has 0 aliphatic heterocycles. The Morgan fingerprint density at radius 3 is 2.13 bits per heavy atom. The predicted octanol–water partition coefficient (Wildman–Crippen LogP) is 3.52. The number of rotatable bonds is 6. The third-order valence-electron chi connectivity index (χ3n) is 5.02. The lowest BCUT2D eigenvalue weighted by atomic mass is 9.82. The van der Waals surface area contributed by atoms with Gasteiger partial charge in [-0.1, -0.05) is 18.2 Å². The summed E-state index contributed by atoms with van der Waals surface area (Å²) in [7, 11) is 0.